The van der Waals surface area contributed by atoms with Gasteiger partial charge in [-0.3, -0.25) is 14.5 Å². The molecule has 1 aliphatic rings. The van der Waals surface area contributed by atoms with Gasteiger partial charge < -0.3 is 23.7 Å². The van der Waals surface area contributed by atoms with E-state index >= 15 is 0 Å². The third-order valence-electron chi connectivity index (χ3n) is 7.67. The smallest absolute Gasteiger partial charge is 0.301 e. The molecule has 1 N–H and O–H groups in total. The first-order chi connectivity index (χ1) is 22.2. The normalized spacial score (nSPS) is 16.0. The number of fused-ring (bicyclic) bond motifs is 1. The van der Waals surface area contributed by atoms with E-state index in [2.05, 4.69) is 15.2 Å². The lowest BCUT2D eigenvalue weighted by atomic mass is 9.95. The number of imidazole rings is 1. The molecule has 3 aromatic heterocycles. The lowest BCUT2D eigenvalue weighted by Crippen LogP contribution is -2.29. The van der Waals surface area contributed by atoms with Crippen molar-refractivity contribution in [1.29, 1.82) is 0 Å². The summed E-state index contributed by atoms with van der Waals surface area (Å²) in [6, 6.07) is 13.4. The Morgan fingerprint density at radius 3 is 2.39 bits per heavy atom. The molecule has 1 amide bonds. The number of ether oxygens (including phenoxy) is 3. The van der Waals surface area contributed by atoms with Gasteiger partial charge in [-0.15, -0.1) is 10.2 Å². The van der Waals surface area contributed by atoms with E-state index in [-0.39, 0.29) is 16.4 Å². The van der Waals surface area contributed by atoms with Gasteiger partial charge in [-0.05, 0) is 54.8 Å². The molecule has 0 spiro atoms. The summed E-state index contributed by atoms with van der Waals surface area (Å²) < 4.78 is 19.1. The van der Waals surface area contributed by atoms with Crippen molar-refractivity contribution in [3.05, 3.63) is 93.4 Å². The number of aliphatic hydroxyl groups is 1. The monoisotopic (exact) mass is 677 g/mol. The van der Waals surface area contributed by atoms with Crippen molar-refractivity contribution in [3.63, 3.8) is 0 Å². The van der Waals surface area contributed by atoms with Crippen molar-refractivity contribution in [2.75, 3.05) is 26.2 Å². The van der Waals surface area contributed by atoms with Crippen molar-refractivity contribution in [2.24, 2.45) is 0 Å². The average Bonchev–Trinajstić information content (AvgIpc) is 3.74. The van der Waals surface area contributed by atoms with Gasteiger partial charge in [0.2, 0.25) is 10.9 Å². The minimum Gasteiger partial charge on any atom is -0.505 e. The van der Waals surface area contributed by atoms with Crippen LogP contribution in [0.5, 0.6) is 17.2 Å². The fraction of sp³-hybridized carbons (Fsp3) is 0.219. The van der Waals surface area contributed by atoms with Gasteiger partial charge in [0.05, 0.1) is 38.6 Å². The summed E-state index contributed by atoms with van der Waals surface area (Å²) in [5, 5.41) is 21.2. The van der Waals surface area contributed by atoms with Crippen LogP contribution in [-0.4, -0.2) is 57.7 Å². The number of ketones is 1. The van der Waals surface area contributed by atoms with Crippen LogP contribution in [0.1, 0.15) is 34.1 Å². The number of benzene rings is 2. The first kappa shape index (κ1) is 31.4. The number of pyridine rings is 1. The largest absolute Gasteiger partial charge is 0.505 e. The fourth-order valence-electron chi connectivity index (χ4n) is 5.39. The second kappa shape index (κ2) is 12.7. The van der Waals surface area contributed by atoms with Gasteiger partial charge in [0.25, 0.3) is 5.78 Å². The standard InChI is InChI=1S/C32H28ClN5O6S2/c1-16-9-8-12-37-17(2)24(34-29(16)37)26(39)23-25(19-13-21(42-3)28(44-5)22(14-19)43-4)38(30(41)27(23)40)31-35-36-32(46-31)45-15-18-10-6-7-11-20(18)33/h6-14,25,39H,15H2,1-5H3/b26-23+. The van der Waals surface area contributed by atoms with E-state index in [0.717, 1.165) is 22.5 Å². The highest BCUT2D eigenvalue weighted by molar-refractivity contribution is 8.00. The topological polar surface area (TPSA) is 128 Å². The second-order valence-electron chi connectivity index (χ2n) is 10.3. The molecule has 0 bridgehead atoms. The van der Waals surface area contributed by atoms with Crippen LogP contribution in [0, 0.1) is 13.8 Å². The number of methoxy groups -OCH3 is 3. The van der Waals surface area contributed by atoms with E-state index in [9.17, 15) is 14.7 Å². The van der Waals surface area contributed by atoms with Crippen molar-refractivity contribution < 1.29 is 28.9 Å². The summed E-state index contributed by atoms with van der Waals surface area (Å²) >= 11 is 8.88. The number of hydrogen-bond acceptors (Lipinski definition) is 11. The molecule has 14 heteroatoms. The Hall–Kier alpha value is -4.59. The molecule has 1 aliphatic heterocycles. The number of halogens is 1. The molecule has 2 aromatic carbocycles. The summed E-state index contributed by atoms with van der Waals surface area (Å²) in [5.41, 5.74) is 3.43. The maximum atomic E-state index is 13.9. The van der Waals surface area contributed by atoms with E-state index in [1.165, 1.54) is 38.0 Å². The Kier molecular flexibility index (Phi) is 8.64. The van der Waals surface area contributed by atoms with Crippen LogP contribution in [0.25, 0.3) is 11.4 Å². The molecule has 5 aromatic rings. The first-order valence-electron chi connectivity index (χ1n) is 13.9. The molecule has 0 radical (unpaired) electrons. The highest BCUT2D eigenvalue weighted by atomic mass is 35.5. The van der Waals surface area contributed by atoms with Crippen LogP contribution in [0.4, 0.5) is 5.13 Å². The fourth-order valence-corrected chi connectivity index (χ4v) is 7.54. The zero-order valence-corrected chi connectivity index (χ0v) is 27.8. The van der Waals surface area contributed by atoms with E-state index < -0.39 is 23.5 Å². The zero-order valence-electron chi connectivity index (χ0n) is 25.4. The number of aryl methyl sites for hydroxylation is 2. The van der Waals surface area contributed by atoms with E-state index in [4.69, 9.17) is 25.8 Å². The molecule has 1 fully saturated rings. The number of thioether (sulfide) groups is 1. The predicted octanol–water partition coefficient (Wildman–Crippen LogP) is 6.40. The number of aliphatic hydroxyl groups excluding tert-OH is 1. The molecule has 6 rings (SSSR count). The van der Waals surface area contributed by atoms with Crippen LogP contribution < -0.4 is 19.1 Å². The van der Waals surface area contributed by atoms with Crippen molar-refractivity contribution in [3.8, 4) is 17.2 Å². The Balaban J connectivity index is 1.51. The molecule has 1 saturated heterocycles. The number of Topliss-reactive ketones (excluding diaryl/α,β-unsaturated/α-hetero) is 1. The number of carbonyl (C=O) groups is 2. The van der Waals surface area contributed by atoms with Gasteiger partial charge in [0.1, 0.15) is 11.3 Å². The molecule has 46 heavy (non-hydrogen) atoms. The maximum absolute atomic E-state index is 13.9. The summed E-state index contributed by atoms with van der Waals surface area (Å²) in [6.45, 7) is 3.68. The van der Waals surface area contributed by atoms with E-state index in [0.29, 0.717) is 49.3 Å². The van der Waals surface area contributed by atoms with Crippen molar-refractivity contribution >= 4 is 62.9 Å². The minimum absolute atomic E-state index is 0.163. The summed E-state index contributed by atoms with van der Waals surface area (Å²) in [7, 11) is 4.41. The molecular formula is C32H28ClN5O6S2. The third kappa shape index (κ3) is 5.33. The summed E-state index contributed by atoms with van der Waals surface area (Å²) in [6.07, 6.45) is 1.82. The van der Waals surface area contributed by atoms with Crippen LogP contribution in [-0.2, 0) is 15.3 Å². The summed E-state index contributed by atoms with van der Waals surface area (Å²) in [5.74, 6) is -0.743. The van der Waals surface area contributed by atoms with Gasteiger partial charge in [-0.25, -0.2) is 4.98 Å². The molecule has 0 aliphatic carbocycles. The number of nitrogens with zero attached hydrogens (tertiary/aromatic N) is 5. The summed E-state index contributed by atoms with van der Waals surface area (Å²) in [4.78, 5) is 33.6. The molecule has 1 atom stereocenters. The second-order valence-corrected chi connectivity index (χ2v) is 12.9. The number of hydrogen-bond donors (Lipinski definition) is 1. The molecular weight excluding hydrogens is 650 g/mol. The third-order valence-corrected chi connectivity index (χ3v) is 10.1. The zero-order chi connectivity index (χ0) is 32.7. The Labute approximate surface area is 277 Å². The van der Waals surface area contributed by atoms with Crippen LogP contribution in [0.3, 0.4) is 0 Å². The van der Waals surface area contributed by atoms with Gasteiger partial charge in [-0.2, -0.15) is 0 Å². The Bertz CT molecular complexity index is 2020. The number of rotatable bonds is 9. The van der Waals surface area contributed by atoms with Crippen LogP contribution in [0.2, 0.25) is 5.02 Å². The molecule has 4 heterocycles. The molecule has 236 valence electrons. The van der Waals surface area contributed by atoms with Crippen LogP contribution >= 0.6 is 34.7 Å². The van der Waals surface area contributed by atoms with Gasteiger partial charge >= 0.3 is 5.91 Å². The highest BCUT2D eigenvalue weighted by Gasteiger charge is 2.49. The highest BCUT2D eigenvalue weighted by Crippen LogP contribution is 2.48. The lowest BCUT2D eigenvalue weighted by molar-refractivity contribution is -0.132. The van der Waals surface area contributed by atoms with Crippen molar-refractivity contribution in [2.45, 2.75) is 30.0 Å². The maximum Gasteiger partial charge on any atom is 0.301 e. The molecule has 1 unspecified atom stereocenters. The number of amides is 1. The average molecular weight is 678 g/mol. The van der Waals surface area contributed by atoms with E-state index in [1.54, 1.807) is 19.1 Å². The van der Waals surface area contributed by atoms with Crippen molar-refractivity contribution in [1.82, 2.24) is 19.6 Å². The lowest BCUT2D eigenvalue weighted by Gasteiger charge is -2.24. The quantitative estimate of drug-likeness (QED) is 0.0615. The first-order valence-corrected chi connectivity index (χ1v) is 16.1. The number of carbonyl (C=O) groups excluding carboxylic acids is 2. The number of aromatic nitrogens is 4. The van der Waals surface area contributed by atoms with E-state index in [1.807, 2.05) is 53.9 Å². The van der Waals surface area contributed by atoms with Gasteiger partial charge in [-0.1, -0.05) is 59.0 Å². The number of anilines is 1. The molecule has 0 saturated carbocycles. The SMILES string of the molecule is COc1cc(C2/C(=C(\O)c3nc4c(C)cccn4c3C)C(=O)C(=O)N2c2nnc(SCc3ccccc3Cl)s2)cc(OC)c1OC. The van der Waals surface area contributed by atoms with Gasteiger partial charge in [0.15, 0.2) is 21.6 Å². The Morgan fingerprint density at radius 2 is 1.74 bits per heavy atom. The van der Waals surface area contributed by atoms with Crippen LogP contribution in [0.15, 0.2) is 64.6 Å². The van der Waals surface area contributed by atoms with Gasteiger partial charge in [0, 0.05) is 17.0 Å². The minimum atomic E-state index is -1.13. The molecule has 11 nitrogen and oxygen atoms in total. The predicted molar refractivity (Wildman–Crippen MR) is 176 cm³/mol. The Morgan fingerprint density at radius 1 is 1.02 bits per heavy atom.